The Morgan fingerprint density at radius 3 is 2.23 bits per heavy atom. The molecular formula is C23H22BrNO5. The van der Waals surface area contributed by atoms with Gasteiger partial charge in [-0.05, 0) is 30.5 Å². The molecule has 30 heavy (non-hydrogen) atoms. The predicted octanol–water partition coefficient (Wildman–Crippen LogP) is 4.52. The molecule has 1 fully saturated rings. The van der Waals surface area contributed by atoms with E-state index in [-0.39, 0.29) is 17.8 Å². The number of likely N-dealkylation sites (tertiary alicyclic amines) is 1. The van der Waals surface area contributed by atoms with Crippen molar-refractivity contribution < 1.29 is 24.6 Å². The van der Waals surface area contributed by atoms with E-state index in [4.69, 9.17) is 5.11 Å². The number of carboxylic acids is 1. The van der Waals surface area contributed by atoms with Crippen LogP contribution in [0, 0.1) is 0 Å². The molecule has 1 heterocycles. The smallest absolute Gasteiger partial charge is 0.303 e. The third kappa shape index (κ3) is 4.79. The molecule has 0 bridgehead atoms. The maximum Gasteiger partial charge on any atom is 0.303 e. The number of hydrogen-bond donors (Lipinski definition) is 2. The average Bonchev–Trinajstić information content (AvgIpc) is 2.99. The molecular weight excluding hydrogens is 450 g/mol. The Kier molecular flexibility index (Phi) is 7.05. The summed E-state index contributed by atoms with van der Waals surface area (Å²) in [7, 11) is 0. The lowest BCUT2D eigenvalue weighted by Gasteiger charge is -2.25. The fraction of sp³-hybridized carbons (Fsp3) is 0.261. The molecule has 0 saturated carbocycles. The second-order valence-electron chi connectivity index (χ2n) is 7.11. The van der Waals surface area contributed by atoms with Crippen molar-refractivity contribution in [3.8, 4) is 0 Å². The van der Waals surface area contributed by atoms with Gasteiger partial charge in [-0.2, -0.15) is 0 Å². The third-order valence-corrected chi connectivity index (χ3v) is 5.59. The first-order valence-corrected chi connectivity index (χ1v) is 10.5. The van der Waals surface area contributed by atoms with Crippen LogP contribution in [-0.2, 0) is 14.4 Å². The van der Waals surface area contributed by atoms with Crippen molar-refractivity contribution in [2.75, 3.05) is 6.54 Å². The van der Waals surface area contributed by atoms with Gasteiger partial charge < -0.3 is 15.1 Å². The number of unbranched alkanes of at least 4 members (excludes halogenated alkanes) is 2. The molecule has 0 spiro atoms. The molecule has 1 aliphatic heterocycles. The molecule has 1 aliphatic rings. The van der Waals surface area contributed by atoms with Gasteiger partial charge >= 0.3 is 5.97 Å². The molecule has 2 N–H and O–H groups in total. The molecule has 0 aliphatic carbocycles. The Morgan fingerprint density at radius 1 is 0.933 bits per heavy atom. The second kappa shape index (κ2) is 9.71. The lowest BCUT2D eigenvalue weighted by molar-refractivity contribution is -0.140. The first-order valence-electron chi connectivity index (χ1n) is 9.71. The SMILES string of the molecule is O=C(O)CCCCCN1C(=O)C(=O)C(=C(O)c2ccc(Br)cc2)[C@@H]1c1ccccc1. The summed E-state index contributed by atoms with van der Waals surface area (Å²) < 4.78 is 0.834. The van der Waals surface area contributed by atoms with Gasteiger partial charge in [0.25, 0.3) is 11.7 Å². The maximum atomic E-state index is 12.9. The molecule has 0 radical (unpaired) electrons. The highest BCUT2D eigenvalue weighted by Crippen LogP contribution is 2.39. The summed E-state index contributed by atoms with van der Waals surface area (Å²) in [5, 5.41) is 19.7. The topological polar surface area (TPSA) is 94.9 Å². The number of rotatable bonds is 8. The quantitative estimate of drug-likeness (QED) is 0.255. The third-order valence-electron chi connectivity index (χ3n) is 5.06. The molecule has 0 aromatic heterocycles. The summed E-state index contributed by atoms with van der Waals surface area (Å²) in [6.45, 7) is 0.306. The predicted molar refractivity (Wildman–Crippen MR) is 116 cm³/mol. The van der Waals surface area contributed by atoms with Gasteiger partial charge in [-0.3, -0.25) is 14.4 Å². The number of benzene rings is 2. The Hall–Kier alpha value is -2.93. The first kappa shape index (κ1) is 21.8. The largest absolute Gasteiger partial charge is 0.507 e. The zero-order chi connectivity index (χ0) is 21.7. The van der Waals surface area contributed by atoms with Gasteiger partial charge in [0.2, 0.25) is 0 Å². The number of aliphatic carboxylic acids is 1. The normalized spacial score (nSPS) is 18.0. The van der Waals surface area contributed by atoms with Crippen molar-refractivity contribution in [3.63, 3.8) is 0 Å². The summed E-state index contributed by atoms with van der Waals surface area (Å²) >= 11 is 3.34. The average molecular weight is 472 g/mol. The fourth-order valence-electron chi connectivity index (χ4n) is 3.59. The molecule has 1 saturated heterocycles. The monoisotopic (exact) mass is 471 g/mol. The van der Waals surface area contributed by atoms with E-state index in [0.29, 0.717) is 31.4 Å². The van der Waals surface area contributed by atoms with Crippen molar-refractivity contribution in [2.24, 2.45) is 0 Å². The Labute approximate surface area is 183 Å². The Morgan fingerprint density at radius 2 is 1.60 bits per heavy atom. The van der Waals surface area contributed by atoms with Gasteiger partial charge in [-0.25, -0.2) is 0 Å². The minimum Gasteiger partial charge on any atom is -0.507 e. The summed E-state index contributed by atoms with van der Waals surface area (Å²) in [6, 6.07) is 15.3. The van der Waals surface area contributed by atoms with E-state index in [1.54, 1.807) is 24.3 Å². The van der Waals surface area contributed by atoms with Crippen LogP contribution < -0.4 is 0 Å². The van der Waals surface area contributed by atoms with Crippen LogP contribution >= 0.6 is 15.9 Å². The molecule has 2 aromatic carbocycles. The zero-order valence-electron chi connectivity index (χ0n) is 16.3. The second-order valence-corrected chi connectivity index (χ2v) is 8.03. The number of amides is 1. The van der Waals surface area contributed by atoms with Gasteiger partial charge in [0, 0.05) is 23.0 Å². The number of aliphatic hydroxyl groups excluding tert-OH is 1. The van der Waals surface area contributed by atoms with E-state index in [2.05, 4.69) is 15.9 Å². The molecule has 7 heteroatoms. The standard InChI is InChI=1S/C23H22BrNO5/c24-17-12-10-16(11-13-17)21(28)19-20(15-7-3-1-4-8-15)25(23(30)22(19)29)14-6-2-5-9-18(26)27/h1,3-4,7-8,10-13,20,28H,2,5-6,9,14H2,(H,26,27)/t20-/m0/s1. The van der Waals surface area contributed by atoms with E-state index in [1.807, 2.05) is 30.3 Å². The van der Waals surface area contributed by atoms with Crippen LogP contribution in [-0.4, -0.2) is 39.3 Å². The van der Waals surface area contributed by atoms with Gasteiger partial charge in [-0.15, -0.1) is 0 Å². The minimum atomic E-state index is -0.853. The number of halogens is 1. The number of Topliss-reactive ketones (excluding diaryl/α,β-unsaturated/α-hetero) is 1. The van der Waals surface area contributed by atoms with Gasteiger partial charge in [0.05, 0.1) is 11.6 Å². The van der Waals surface area contributed by atoms with Crippen molar-refractivity contribution in [2.45, 2.75) is 31.7 Å². The van der Waals surface area contributed by atoms with Crippen molar-refractivity contribution in [3.05, 3.63) is 75.8 Å². The molecule has 0 unspecified atom stereocenters. The van der Waals surface area contributed by atoms with E-state index in [9.17, 15) is 19.5 Å². The molecule has 3 rings (SSSR count). The van der Waals surface area contributed by atoms with Gasteiger partial charge in [0.1, 0.15) is 5.76 Å². The highest BCUT2D eigenvalue weighted by atomic mass is 79.9. The summed E-state index contributed by atoms with van der Waals surface area (Å²) in [6.07, 6.45) is 1.78. The van der Waals surface area contributed by atoms with E-state index >= 15 is 0 Å². The van der Waals surface area contributed by atoms with Crippen molar-refractivity contribution >= 4 is 39.3 Å². The number of hydrogen-bond acceptors (Lipinski definition) is 4. The van der Waals surface area contributed by atoms with E-state index < -0.39 is 23.7 Å². The molecule has 2 aromatic rings. The van der Waals surface area contributed by atoms with Crippen molar-refractivity contribution in [1.29, 1.82) is 0 Å². The number of carboxylic acid groups (broad SMARTS) is 1. The van der Waals surface area contributed by atoms with Crippen molar-refractivity contribution in [1.82, 2.24) is 4.90 Å². The molecule has 6 nitrogen and oxygen atoms in total. The lowest BCUT2D eigenvalue weighted by Crippen LogP contribution is -2.30. The fourth-order valence-corrected chi connectivity index (χ4v) is 3.86. The van der Waals surface area contributed by atoms with Crippen LogP contribution in [0.3, 0.4) is 0 Å². The number of carbonyl (C=O) groups is 3. The van der Waals surface area contributed by atoms with Gasteiger partial charge in [-0.1, -0.05) is 64.8 Å². The molecule has 156 valence electrons. The van der Waals surface area contributed by atoms with Gasteiger partial charge in [0.15, 0.2) is 0 Å². The molecule has 1 amide bonds. The van der Waals surface area contributed by atoms with Crippen LogP contribution in [0.5, 0.6) is 0 Å². The highest BCUT2D eigenvalue weighted by molar-refractivity contribution is 9.10. The number of nitrogens with zero attached hydrogens (tertiary/aromatic N) is 1. The summed E-state index contributed by atoms with van der Waals surface area (Å²) in [5.41, 5.74) is 1.26. The number of aliphatic hydroxyl groups is 1. The minimum absolute atomic E-state index is 0.0686. The summed E-state index contributed by atoms with van der Waals surface area (Å²) in [4.78, 5) is 37.8. The Balaban J connectivity index is 1.94. The first-order chi connectivity index (χ1) is 14.4. The van der Waals surface area contributed by atoms with Crippen LogP contribution in [0.25, 0.3) is 5.76 Å². The van der Waals surface area contributed by atoms with E-state index in [0.717, 1.165) is 10.0 Å². The number of ketones is 1. The zero-order valence-corrected chi connectivity index (χ0v) is 17.8. The summed E-state index contributed by atoms with van der Waals surface area (Å²) in [5.74, 6) is -2.42. The number of carbonyl (C=O) groups excluding carboxylic acids is 2. The highest BCUT2D eigenvalue weighted by Gasteiger charge is 2.45. The Bertz CT molecular complexity index is 969. The van der Waals surface area contributed by atoms with Crippen LogP contribution in [0.4, 0.5) is 0 Å². The van der Waals surface area contributed by atoms with Crippen LogP contribution in [0.15, 0.2) is 64.6 Å². The van der Waals surface area contributed by atoms with Crippen LogP contribution in [0.2, 0.25) is 0 Å². The lowest BCUT2D eigenvalue weighted by atomic mass is 9.95. The van der Waals surface area contributed by atoms with E-state index in [1.165, 1.54) is 4.90 Å². The maximum absolute atomic E-state index is 12.9. The molecule has 1 atom stereocenters. The van der Waals surface area contributed by atoms with Crippen LogP contribution in [0.1, 0.15) is 42.9 Å².